The van der Waals surface area contributed by atoms with Crippen LogP contribution in [0.3, 0.4) is 0 Å². The third-order valence-corrected chi connectivity index (χ3v) is 5.42. The van der Waals surface area contributed by atoms with Crippen molar-refractivity contribution in [1.29, 1.82) is 0 Å². The number of hydrogen-bond acceptors (Lipinski definition) is 4. The van der Waals surface area contributed by atoms with Gasteiger partial charge in [-0.2, -0.15) is 10.2 Å². The predicted octanol–water partition coefficient (Wildman–Crippen LogP) is 3.76. The number of rotatable bonds is 6. The summed E-state index contributed by atoms with van der Waals surface area (Å²) >= 11 is 0. The van der Waals surface area contributed by atoms with Crippen molar-refractivity contribution >= 4 is 16.7 Å². The fraction of sp³-hybridized carbons (Fsp3) is 0.0769. The maximum absolute atomic E-state index is 13.0. The summed E-state index contributed by atoms with van der Waals surface area (Å²) in [5.74, 6) is -0.364. The van der Waals surface area contributed by atoms with Crippen LogP contribution in [-0.2, 0) is 13.1 Å². The van der Waals surface area contributed by atoms with Crippen LogP contribution in [0.1, 0.15) is 21.6 Å². The van der Waals surface area contributed by atoms with Crippen LogP contribution in [0.15, 0.2) is 95.9 Å². The summed E-state index contributed by atoms with van der Waals surface area (Å²) in [7, 11) is 0. The Morgan fingerprint density at radius 1 is 0.879 bits per heavy atom. The molecule has 1 amide bonds. The predicted molar refractivity (Wildman–Crippen MR) is 127 cm³/mol. The summed E-state index contributed by atoms with van der Waals surface area (Å²) in [6, 6.07) is 26.9. The van der Waals surface area contributed by atoms with Gasteiger partial charge in [0, 0.05) is 29.3 Å². The zero-order chi connectivity index (χ0) is 22.6. The monoisotopic (exact) mass is 435 g/mol. The first-order valence-electron chi connectivity index (χ1n) is 10.6. The SMILES string of the molecule is O=C(NCc1cn(Cc2ccccc2)nc1-c1ccccc1)c1n[nH]c(=O)c2ccccc12. The molecule has 2 heterocycles. The number of aromatic amines is 1. The molecule has 5 aromatic rings. The van der Waals surface area contributed by atoms with Crippen LogP contribution in [0.25, 0.3) is 22.0 Å². The van der Waals surface area contributed by atoms with E-state index in [1.165, 1.54) is 0 Å². The second kappa shape index (κ2) is 8.92. The van der Waals surface area contributed by atoms with E-state index in [0.29, 0.717) is 17.3 Å². The molecule has 0 aliphatic heterocycles. The van der Waals surface area contributed by atoms with Crippen molar-refractivity contribution < 1.29 is 4.79 Å². The molecule has 0 aliphatic carbocycles. The minimum Gasteiger partial charge on any atom is -0.346 e. The molecule has 0 atom stereocenters. The minimum atomic E-state index is -0.364. The third kappa shape index (κ3) is 4.29. The number of nitrogens with zero attached hydrogens (tertiary/aromatic N) is 3. The molecule has 0 radical (unpaired) electrons. The Labute approximate surface area is 189 Å². The fourth-order valence-corrected chi connectivity index (χ4v) is 3.83. The van der Waals surface area contributed by atoms with E-state index in [9.17, 15) is 9.59 Å². The summed E-state index contributed by atoms with van der Waals surface area (Å²) in [5, 5.41) is 15.1. The molecule has 33 heavy (non-hydrogen) atoms. The third-order valence-electron chi connectivity index (χ3n) is 5.42. The Morgan fingerprint density at radius 2 is 1.55 bits per heavy atom. The number of H-pyrrole nitrogens is 1. The lowest BCUT2D eigenvalue weighted by Gasteiger charge is -2.07. The molecule has 0 spiro atoms. The summed E-state index contributed by atoms with van der Waals surface area (Å²) in [6.07, 6.45) is 1.95. The highest BCUT2D eigenvalue weighted by Gasteiger charge is 2.16. The van der Waals surface area contributed by atoms with E-state index in [1.54, 1.807) is 24.3 Å². The molecule has 0 saturated heterocycles. The van der Waals surface area contributed by atoms with Gasteiger partial charge in [0.25, 0.3) is 11.5 Å². The van der Waals surface area contributed by atoms with Crippen molar-refractivity contribution in [2.75, 3.05) is 0 Å². The summed E-state index contributed by atoms with van der Waals surface area (Å²) in [4.78, 5) is 25.0. The van der Waals surface area contributed by atoms with Crippen LogP contribution in [0.2, 0.25) is 0 Å². The van der Waals surface area contributed by atoms with Gasteiger partial charge in [-0.25, -0.2) is 5.10 Å². The van der Waals surface area contributed by atoms with Gasteiger partial charge in [0.1, 0.15) is 0 Å². The van der Waals surface area contributed by atoms with Crippen LogP contribution in [0.4, 0.5) is 0 Å². The lowest BCUT2D eigenvalue weighted by molar-refractivity contribution is 0.0947. The van der Waals surface area contributed by atoms with Crippen LogP contribution >= 0.6 is 0 Å². The molecule has 0 bridgehead atoms. The topological polar surface area (TPSA) is 92.7 Å². The average molecular weight is 435 g/mol. The Bertz CT molecular complexity index is 1470. The van der Waals surface area contributed by atoms with Crippen molar-refractivity contribution in [3.05, 3.63) is 118 Å². The van der Waals surface area contributed by atoms with Crippen molar-refractivity contribution in [2.45, 2.75) is 13.1 Å². The van der Waals surface area contributed by atoms with Gasteiger partial charge in [0.15, 0.2) is 5.69 Å². The van der Waals surface area contributed by atoms with Gasteiger partial charge < -0.3 is 5.32 Å². The van der Waals surface area contributed by atoms with Gasteiger partial charge in [-0.15, -0.1) is 0 Å². The van der Waals surface area contributed by atoms with Gasteiger partial charge in [0.2, 0.25) is 0 Å². The molecule has 0 aliphatic rings. The van der Waals surface area contributed by atoms with Gasteiger partial charge in [-0.1, -0.05) is 78.9 Å². The molecule has 162 valence electrons. The molecular formula is C26H21N5O2. The fourth-order valence-electron chi connectivity index (χ4n) is 3.83. The molecule has 7 heteroatoms. The van der Waals surface area contributed by atoms with Crippen molar-refractivity contribution in [3.63, 3.8) is 0 Å². The number of hydrogen-bond donors (Lipinski definition) is 2. The largest absolute Gasteiger partial charge is 0.346 e. The Balaban J connectivity index is 1.43. The van der Waals surface area contributed by atoms with Crippen molar-refractivity contribution in [1.82, 2.24) is 25.3 Å². The zero-order valence-electron chi connectivity index (χ0n) is 17.7. The van der Waals surface area contributed by atoms with E-state index in [1.807, 2.05) is 59.4 Å². The number of amides is 1. The maximum atomic E-state index is 13.0. The molecule has 0 fully saturated rings. The zero-order valence-corrected chi connectivity index (χ0v) is 17.7. The lowest BCUT2D eigenvalue weighted by atomic mass is 10.1. The Morgan fingerprint density at radius 3 is 2.30 bits per heavy atom. The number of carbonyl (C=O) groups is 1. The van der Waals surface area contributed by atoms with Crippen molar-refractivity contribution in [3.8, 4) is 11.3 Å². The van der Waals surface area contributed by atoms with Gasteiger partial charge >= 0.3 is 0 Å². The number of carbonyl (C=O) groups excluding carboxylic acids is 1. The van der Waals surface area contributed by atoms with E-state index < -0.39 is 0 Å². The van der Waals surface area contributed by atoms with Crippen molar-refractivity contribution in [2.24, 2.45) is 0 Å². The smallest absolute Gasteiger partial charge is 0.272 e. The number of benzene rings is 3. The first-order chi connectivity index (χ1) is 16.2. The van der Waals surface area contributed by atoms with E-state index in [0.717, 1.165) is 22.4 Å². The Kier molecular flexibility index (Phi) is 5.51. The average Bonchev–Trinajstić information content (AvgIpc) is 3.26. The highest BCUT2D eigenvalue weighted by atomic mass is 16.2. The molecule has 0 unspecified atom stereocenters. The summed E-state index contributed by atoms with van der Waals surface area (Å²) < 4.78 is 1.88. The quantitative estimate of drug-likeness (QED) is 0.425. The Hall–Kier alpha value is -4.52. The first kappa shape index (κ1) is 20.4. The molecular weight excluding hydrogens is 414 g/mol. The number of fused-ring (bicyclic) bond motifs is 1. The van der Waals surface area contributed by atoms with E-state index in [4.69, 9.17) is 5.10 Å². The molecule has 2 aromatic heterocycles. The van der Waals surface area contributed by atoms with Crippen LogP contribution in [-0.4, -0.2) is 25.9 Å². The van der Waals surface area contributed by atoms with Crippen LogP contribution in [0, 0.1) is 0 Å². The van der Waals surface area contributed by atoms with Gasteiger partial charge in [0.05, 0.1) is 17.6 Å². The second-order valence-electron chi connectivity index (χ2n) is 7.68. The summed E-state index contributed by atoms with van der Waals surface area (Å²) in [6.45, 7) is 0.897. The lowest BCUT2D eigenvalue weighted by Crippen LogP contribution is -2.26. The number of aromatic nitrogens is 4. The molecule has 7 nitrogen and oxygen atoms in total. The maximum Gasteiger partial charge on any atom is 0.272 e. The standard InChI is InChI=1S/C26H21N5O2/c32-25-22-14-8-7-13-21(22)24(28-29-25)26(33)27-15-20-17-31(16-18-9-3-1-4-10-18)30-23(20)19-11-5-2-6-12-19/h1-14,17H,15-16H2,(H,27,33)(H,29,32). The second-order valence-corrected chi connectivity index (χ2v) is 7.68. The van der Waals surface area contributed by atoms with E-state index in [-0.39, 0.29) is 23.7 Å². The molecule has 0 saturated carbocycles. The van der Waals surface area contributed by atoms with E-state index in [2.05, 4.69) is 27.6 Å². The highest BCUT2D eigenvalue weighted by Crippen LogP contribution is 2.22. The van der Waals surface area contributed by atoms with Gasteiger partial charge in [-0.3, -0.25) is 14.3 Å². The molecule has 5 rings (SSSR count). The first-order valence-corrected chi connectivity index (χ1v) is 10.6. The molecule has 2 N–H and O–H groups in total. The summed E-state index contributed by atoms with van der Waals surface area (Å²) in [5.41, 5.74) is 3.67. The van der Waals surface area contributed by atoms with E-state index >= 15 is 0 Å². The van der Waals surface area contributed by atoms with Gasteiger partial charge in [-0.05, 0) is 11.6 Å². The minimum absolute atomic E-state index is 0.183. The normalized spacial score (nSPS) is 10.9. The van der Waals surface area contributed by atoms with Crippen LogP contribution in [0.5, 0.6) is 0 Å². The highest BCUT2D eigenvalue weighted by molar-refractivity contribution is 6.04. The molecule has 3 aromatic carbocycles. The number of nitrogens with one attached hydrogen (secondary N) is 2. The van der Waals surface area contributed by atoms with Crippen LogP contribution < -0.4 is 10.9 Å².